The van der Waals surface area contributed by atoms with Crippen molar-refractivity contribution in [2.45, 2.75) is 57.0 Å². The number of hydrogen-bond acceptors (Lipinski definition) is 5. The van der Waals surface area contributed by atoms with E-state index in [-0.39, 0.29) is 42.7 Å². The minimum Gasteiger partial charge on any atom is -0.375 e. The number of ether oxygens (including phenoxy) is 1. The molecule has 0 radical (unpaired) electrons. The van der Waals surface area contributed by atoms with Gasteiger partial charge >= 0.3 is 0 Å². The molecule has 3 rings (SSSR count). The zero-order valence-electron chi connectivity index (χ0n) is 17.2. The number of nitrogens with zero attached hydrogens (tertiary/aromatic N) is 2. The number of carbonyl (C=O) groups excluding carboxylic acids is 4. The lowest BCUT2D eigenvalue weighted by molar-refractivity contribution is -0.153. The molecule has 2 atom stereocenters. The summed E-state index contributed by atoms with van der Waals surface area (Å²) < 4.78 is 4.93. The fraction of sp³-hybridized carbons (Fsp3) is 0.800. The van der Waals surface area contributed by atoms with Crippen LogP contribution in [-0.4, -0.2) is 85.4 Å². The van der Waals surface area contributed by atoms with Crippen LogP contribution in [0.5, 0.6) is 0 Å². The lowest BCUT2D eigenvalue weighted by atomic mass is 9.87. The van der Waals surface area contributed by atoms with Crippen LogP contribution in [-0.2, 0) is 23.9 Å². The smallest absolute Gasteiger partial charge is 0.248 e. The second kappa shape index (κ2) is 10.0. The van der Waals surface area contributed by atoms with Crippen molar-refractivity contribution in [1.82, 2.24) is 20.4 Å². The Morgan fingerprint density at radius 3 is 2.55 bits per heavy atom. The summed E-state index contributed by atoms with van der Waals surface area (Å²) in [7, 11) is 1.45. The van der Waals surface area contributed by atoms with E-state index in [2.05, 4.69) is 10.6 Å². The van der Waals surface area contributed by atoms with Crippen LogP contribution in [0.2, 0.25) is 0 Å². The van der Waals surface area contributed by atoms with Crippen LogP contribution in [0.15, 0.2) is 0 Å². The van der Waals surface area contributed by atoms with E-state index in [1.54, 1.807) is 9.80 Å². The van der Waals surface area contributed by atoms with Crippen LogP contribution >= 0.6 is 0 Å². The first kappa shape index (κ1) is 21.5. The Bertz CT molecular complexity index is 634. The Hall–Kier alpha value is -2.16. The fourth-order valence-corrected chi connectivity index (χ4v) is 4.47. The molecule has 1 saturated carbocycles. The summed E-state index contributed by atoms with van der Waals surface area (Å²) in [6.45, 7) is 1.38. The molecule has 9 heteroatoms. The molecule has 4 amide bonds. The minimum absolute atomic E-state index is 0.00298. The van der Waals surface area contributed by atoms with E-state index in [0.29, 0.717) is 26.1 Å². The van der Waals surface area contributed by atoms with E-state index in [0.717, 1.165) is 38.5 Å². The van der Waals surface area contributed by atoms with Crippen molar-refractivity contribution in [3.8, 4) is 0 Å². The van der Waals surface area contributed by atoms with Gasteiger partial charge < -0.3 is 25.2 Å². The number of carbonyl (C=O) groups is 4. The molecule has 1 aliphatic carbocycles. The maximum atomic E-state index is 13.2. The fourth-order valence-electron chi connectivity index (χ4n) is 4.47. The minimum atomic E-state index is -0.784. The molecule has 2 saturated heterocycles. The molecule has 9 nitrogen and oxygen atoms in total. The quantitative estimate of drug-likeness (QED) is 0.646. The molecule has 0 aromatic carbocycles. The first-order valence-corrected chi connectivity index (χ1v) is 10.7. The van der Waals surface area contributed by atoms with E-state index in [4.69, 9.17) is 4.74 Å². The number of piperazine rings is 1. The van der Waals surface area contributed by atoms with Gasteiger partial charge in [-0.3, -0.25) is 19.2 Å². The van der Waals surface area contributed by atoms with Crippen LogP contribution in [0.4, 0.5) is 0 Å². The van der Waals surface area contributed by atoms with Gasteiger partial charge in [-0.2, -0.15) is 0 Å². The standard InChI is InChI=1S/C20H32N4O5/c1-29-13-17(25)23-10-11-24(20(28)14-6-3-2-4-7-14)16(12-23)19(27)22-15-8-5-9-21-18(15)26/h14-16H,2-13H2,1H3,(H,21,26)(H,22,27)/t15-,16+/m0/s1. The van der Waals surface area contributed by atoms with Crippen molar-refractivity contribution in [2.24, 2.45) is 5.92 Å². The summed E-state index contributed by atoms with van der Waals surface area (Å²) in [6.07, 6.45) is 6.27. The predicted molar refractivity (Wildman–Crippen MR) is 105 cm³/mol. The molecular formula is C20H32N4O5. The van der Waals surface area contributed by atoms with Crippen LogP contribution in [0.3, 0.4) is 0 Å². The molecule has 0 bridgehead atoms. The van der Waals surface area contributed by atoms with Crippen LogP contribution in [0, 0.1) is 5.92 Å². The summed E-state index contributed by atoms with van der Waals surface area (Å²) in [4.78, 5) is 53.8. The lowest BCUT2D eigenvalue weighted by Gasteiger charge is -2.42. The Morgan fingerprint density at radius 2 is 1.86 bits per heavy atom. The van der Waals surface area contributed by atoms with E-state index in [9.17, 15) is 19.2 Å². The van der Waals surface area contributed by atoms with Crippen molar-refractivity contribution in [1.29, 1.82) is 0 Å². The summed E-state index contributed by atoms with van der Waals surface area (Å²) in [5, 5.41) is 5.56. The van der Waals surface area contributed by atoms with Gasteiger partial charge in [0, 0.05) is 32.7 Å². The topological polar surface area (TPSA) is 108 Å². The Labute approximate surface area is 171 Å². The Balaban J connectivity index is 1.72. The molecule has 2 aliphatic heterocycles. The molecule has 0 unspecified atom stereocenters. The molecule has 0 aromatic rings. The molecule has 0 spiro atoms. The Kier molecular flexibility index (Phi) is 7.46. The monoisotopic (exact) mass is 408 g/mol. The molecule has 3 fully saturated rings. The van der Waals surface area contributed by atoms with Gasteiger partial charge in [0.05, 0.1) is 6.54 Å². The summed E-state index contributed by atoms with van der Waals surface area (Å²) in [5.41, 5.74) is 0. The first-order valence-electron chi connectivity index (χ1n) is 10.7. The van der Waals surface area contributed by atoms with Crippen LogP contribution in [0.1, 0.15) is 44.9 Å². The van der Waals surface area contributed by atoms with Crippen LogP contribution < -0.4 is 10.6 Å². The maximum Gasteiger partial charge on any atom is 0.248 e. The molecule has 29 heavy (non-hydrogen) atoms. The second-order valence-corrected chi connectivity index (χ2v) is 8.15. The molecule has 2 heterocycles. The second-order valence-electron chi connectivity index (χ2n) is 8.15. The van der Waals surface area contributed by atoms with Crippen molar-refractivity contribution >= 4 is 23.6 Å². The van der Waals surface area contributed by atoms with Gasteiger partial charge in [0.2, 0.25) is 23.6 Å². The van der Waals surface area contributed by atoms with Crippen molar-refractivity contribution in [3.63, 3.8) is 0 Å². The van der Waals surface area contributed by atoms with Gasteiger partial charge in [0.25, 0.3) is 0 Å². The van der Waals surface area contributed by atoms with Gasteiger partial charge in [0.1, 0.15) is 18.7 Å². The largest absolute Gasteiger partial charge is 0.375 e. The molecule has 3 aliphatic rings. The zero-order chi connectivity index (χ0) is 20.8. The Morgan fingerprint density at radius 1 is 1.10 bits per heavy atom. The number of piperidine rings is 1. The number of methoxy groups -OCH3 is 1. The predicted octanol–water partition coefficient (Wildman–Crippen LogP) is -0.353. The van der Waals surface area contributed by atoms with E-state index in [1.807, 2.05) is 0 Å². The number of hydrogen-bond donors (Lipinski definition) is 2. The average molecular weight is 408 g/mol. The highest BCUT2D eigenvalue weighted by Gasteiger charge is 2.40. The average Bonchev–Trinajstić information content (AvgIpc) is 2.75. The zero-order valence-corrected chi connectivity index (χ0v) is 17.2. The number of nitrogens with one attached hydrogen (secondary N) is 2. The highest BCUT2D eigenvalue weighted by atomic mass is 16.5. The molecule has 162 valence electrons. The maximum absolute atomic E-state index is 13.2. The lowest BCUT2D eigenvalue weighted by Crippen LogP contribution is -2.64. The third-order valence-corrected chi connectivity index (χ3v) is 6.14. The summed E-state index contributed by atoms with van der Waals surface area (Å²) in [5.74, 6) is -0.829. The van der Waals surface area contributed by atoms with Crippen molar-refractivity contribution in [2.75, 3.05) is 39.9 Å². The van der Waals surface area contributed by atoms with E-state index in [1.165, 1.54) is 7.11 Å². The number of rotatable bonds is 5. The molecule has 0 aromatic heterocycles. The highest BCUT2D eigenvalue weighted by Crippen LogP contribution is 2.27. The first-order chi connectivity index (χ1) is 14.0. The molecular weight excluding hydrogens is 376 g/mol. The van der Waals surface area contributed by atoms with E-state index >= 15 is 0 Å². The van der Waals surface area contributed by atoms with Crippen molar-refractivity contribution < 1.29 is 23.9 Å². The SMILES string of the molecule is COCC(=O)N1CCN(C(=O)C2CCCCC2)[C@@H](C(=O)N[C@H]2CCCNC2=O)C1. The number of amides is 4. The third-order valence-electron chi connectivity index (χ3n) is 6.14. The van der Waals surface area contributed by atoms with Gasteiger partial charge in [0.15, 0.2) is 0 Å². The summed E-state index contributed by atoms with van der Waals surface area (Å²) >= 11 is 0. The van der Waals surface area contributed by atoms with E-state index < -0.39 is 12.1 Å². The highest BCUT2D eigenvalue weighted by molar-refractivity contribution is 5.93. The van der Waals surface area contributed by atoms with Gasteiger partial charge in [-0.15, -0.1) is 0 Å². The summed E-state index contributed by atoms with van der Waals surface area (Å²) in [6, 6.07) is -1.37. The van der Waals surface area contributed by atoms with Gasteiger partial charge in [-0.05, 0) is 25.7 Å². The molecule has 2 N–H and O–H groups in total. The van der Waals surface area contributed by atoms with Crippen LogP contribution in [0.25, 0.3) is 0 Å². The van der Waals surface area contributed by atoms with Crippen molar-refractivity contribution in [3.05, 3.63) is 0 Å². The van der Waals surface area contributed by atoms with Gasteiger partial charge in [-0.25, -0.2) is 0 Å². The third kappa shape index (κ3) is 5.26. The van der Waals surface area contributed by atoms with Gasteiger partial charge in [-0.1, -0.05) is 19.3 Å². The normalized spacial score (nSPS) is 26.0.